The molecule has 1 aliphatic heterocycles. The molecule has 1 heterocycles. The average molecular weight is 222 g/mol. The molecule has 0 aromatic carbocycles. The van der Waals surface area contributed by atoms with Crippen molar-refractivity contribution in [1.82, 2.24) is 10.6 Å². The van der Waals surface area contributed by atoms with Gasteiger partial charge in [-0.2, -0.15) is 0 Å². The second-order valence-electron chi connectivity index (χ2n) is 6.15. The summed E-state index contributed by atoms with van der Waals surface area (Å²) >= 11 is 0. The zero-order valence-electron chi connectivity index (χ0n) is 10.1. The Hall–Kier alpha value is -0.570. The second-order valence-corrected chi connectivity index (χ2v) is 6.15. The highest BCUT2D eigenvalue weighted by molar-refractivity contribution is 5.83. The van der Waals surface area contributed by atoms with Gasteiger partial charge in [-0.15, -0.1) is 0 Å². The van der Waals surface area contributed by atoms with Crippen LogP contribution < -0.4 is 10.6 Å². The Balaban J connectivity index is 1.49. The van der Waals surface area contributed by atoms with Crippen LogP contribution in [0.3, 0.4) is 0 Å². The van der Waals surface area contributed by atoms with Crippen LogP contribution in [-0.2, 0) is 4.79 Å². The summed E-state index contributed by atoms with van der Waals surface area (Å²) in [5.74, 6) is 1.50. The van der Waals surface area contributed by atoms with Gasteiger partial charge in [0.15, 0.2) is 0 Å². The van der Waals surface area contributed by atoms with Crippen LogP contribution >= 0.6 is 0 Å². The largest absolute Gasteiger partial charge is 0.353 e. The Bertz CT molecular complexity index is 290. The van der Waals surface area contributed by atoms with Gasteiger partial charge in [-0.05, 0) is 56.5 Å². The minimum Gasteiger partial charge on any atom is -0.353 e. The third kappa shape index (κ3) is 1.75. The number of hydrogen-bond donors (Lipinski definition) is 2. The fraction of sp³-hybridized carbons (Fsp3) is 0.923. The lowest BCUT2D eigenvalue weighted by atomic mass is 9.81. The summed E-state index contributed by atoms with van der Waals surface area (Å²) < 4.78 is 0. The second kappa shape index (κ2) is 3.73. The molecule has 2 N–H and O–H groups in total. The van der Waals surface area contributed by atoms with Gasteiger partial charge < -0.3 is 10.6 Å². The zero-order chi connectivity index (χ0) is 11.2. The lowest BCUT2D eigenvalue weighted by Crippen LogP contribution is -2.45. The standard InChI is InChI=1S/C13H22N2O/c1-9-6-10(7-9)15-12(16)11-8-13(11)2-4-14-5-3-13/h9-11,14H,2-8H2,1H3,(H,15,16). The van der Waals surface area contributed by atoms with Crippen LogP contribution in [0.15, 0.2) is 0 Å². The van der Waals surface area contributed by atoms with Crippen molar-refractivity contribution < 1.29 is 4.79 Å². The van der Waals surface area contributed by atoms with E-state index in [0.717, 1.165) is 25.4 Å². The quantitative estimate of drug-likeness (QED) is 0.739. The Labute approximate surface area is 97.4 Å². The van der Waals surface area contributed by atoms with Crippen LogP contribution in [0.1, 0.15) is 39.0 Å². The summed E-state index contributed by atoms with van der Waals surface area (Å²) in [6.07, 6.45) is 5.92. The summed E-state index contributed by atoms with van der Waals surface area (Å²) in [5, 5.41) is 6.60. The van der Waals surface area contributed by atoms with Crippen molar-refractivity contribution in [3.8, 4) is 0 Å². The highest BCUT2D eigenvalue weighted by atomic mass is 16.2. The van der Waals surface area contributed by atoms with E-state index < -0.39 is 0 Å². The topological polar surface area (TPSA) is 41.1 Å². The molecule has 90 valence electrons. The Morgan fingerprint density at radius 3 is 2.62 bits per heavy atom. The van der Waals surface area contributed by atoms with Gasteiger partial charge >= 0.3 is 0 Å². The van der Waals surface area contributed by atoms with Gasteiger partial charge in [-0.25, -0.2) is 0 Å². The van der Waals surface area contributed by atoms with Gasteiger partial charge in [0.25, 0.3) is 0 Å². The lowest BCUT2D eigenvalue weighted by molar-refractivity contribution is -0.124. The molecule has 0 radical (unpaired) electrons. The van der Waals surface area contributed by atoms with Crippen molar-refractivity contribution in [2.24, 2.45) is 17.3 Å². The number of carbonyl (C=O) groups excluding carboxylic acids is 1. The van der Waals surface area contributed by atoms with Crippen LogP contribution in [0.4, 0.5) is 0 Å². The van der Waals surface area contributed by atoms with Crippen molar-refractivity contribution >= 4 is 5.91 Å². The Kier molecular flexibility index (Phi) is 2.46. The first-order chi connectivity index (χ1) is 7.70. The number of amides is 1. The van der Waals surface area contributed by atoms with Gasteiger partial charge in [0.05, 0.1) is 0 Å². The first kappa shape index (κ1) is 10.6. The molecule has 1 amide bonds. The summed E-state index contributed by atoms with van der Waals surface area (Å²) in [7, 11) is 0. The van der Waals surface area contributed by atoms with E-state index in [4.69, 9.17) is 0 Å². The number of piperidine rings is 1. The van der Waals surface area contributed by atoms with E-state index in [1.165, 1.54) is 25.7 Å². The lowest BCUT2D eigenvalue weighted by Gasteiger charge is -2.33. The molecule has 0 aromatic rings. The molecule has 1 unspecified atom stereocenters. The average Bonchev–Trinajstić information content (AvgIpc) is 2.91. The molecule has 3 rings (SSSR count). The summed E-state index contributed by atoms with van der Waals surface area (Å²) in [5.41, 5.74) is 0.394. The molecule has 2 aliphatic carbocycles. The fourth-order valence-electron chi connectivity index (χ4n) is 3.52. The molecule has 3 nitrogen and oxygen atoms in total. The first-order valence-electron chi connectivity index (χ1n) is 6.71. The molecular weight excluding hydrogens is 200 g/mol. The first-order valence-corrected chi connectivity index (χ1v) is 6.71. The van der Waals surface area contributed by atoms with Gasteiger partial charge in [0.1, 0.15) is 0 Å². The maximum Gasteiger partial charge on any atom is 0.223 e. The zero-order valence-corrected chi connectivity index (χ0v) is 10.1. The molecule has 1 saturated heterocycles. The van der Waals surface area contributed by atoms with E-state index >= 15 is 0 Å². The smallest absolute Gasteiger partial charge is 0.223 e. The molecule has 2 saturated carbocycles. The monoisotopic (exact) mass is 222 g/mol. The number of rotatable bonds is 2. The molecule has 1 atom stereocenters. The van der Waals surface area contributed by atoms with Crippen LogP contribution in [-0.4, -0.2) is 25.0 Å². The van der Waals surface area contributed by atoms with E-state index in [-0.39, 0.29) is 0 Å². The maximum absolute atomic E-state index is 12.1. The van der Waals surface area contributed by atoms with Gasteiger partial charge in [0.2, 0.25) is 5.91 Å². The number of hydrogen-bond acceptors (Lipinski definition) is 2. The van der Waals surface area contributed by atoms with Gasteiger partial charge in [-0.1, -0.05) is 6.92 Å². The highest BCUT2D eigenvalue weighted by Crippen LogP contribution is 2.58. The molecule has 3 heteroatoms. The summed E-state index contributed by atoms with van der Waals surface area (Å²) in [6, 6.07) is 0.488. The minimum atomic E-state index is 0.338. The van der Waals surface area contributed by atoms with E-state index in [9.17, 15) is 4.79 Å². The predicted octanol–water partition coefficient (Wildman–Crippen LogP) is 1.29. The number of nitrogens with one attached hydrogen (secondary N) is 2. The molecule has 0 bridgehead atoms. The van der Waals surface area contributed by atoms with Gasteiger partial charge in [0, 0.05) is 12.0 Å². The third-order valence-electron chi connectivity index (χ3n) is 4.83. The van der Waals surface area contributed by atoms with E-state index in [0.29, 0.717) is 23.3 Å². The Morgan fingerprint density at radius 2 is 2.00 bits per heavy atom. The summed E-state index contributed by atoms with van der Waals surface area (Å²) in [6.45, 7) is 4.46. The number of carbonyl (C=O) groups is 1. The van der Waals surface area contributed by atoms with Gasteiger partial charge in [-0.3, -0.25) is 4.79 Å². The molecule has 3 fully saturated rings. The van der Waals surface area contributed by atoms with Crippen LogP contribution in [0.5, 0.6) is 0 Å². The Morgan fingerprint density at radius 1 is 1.31 bits per heavy atom. The fourth-order valence-corrected chi connectivity index (χ4v) is 3.52. The minimum absolute atomic E-state index is 0.338. The van der Waals surface area contributed by atoms with Crippen molar-refractivity contribution in [3.05, 3.63) is 0 Å². The molecule has 3 aliphatic rings. The van der Waals surface area contributed by atoms with Crippen LogP contribution in [0.25, 0.3) is 0 Å². The van der Waals surface area contributed by atoms with Crippen LogP contribution in [0, 0.1) is 17.3 Å². The van der Waals surface area contributed by atoms with E-state index in [2.05, 4.69) is 17.6 Å². The van der Waals surface area contributed by atoms with E-state index in [1.807, 2.05) is 0 Å². The summed E-state index contributed by atoms with van der Waals surface area (Å²) in [4.78, 5) is 12.1. The van der Waals surface area contributed by atoms with Crippen LogP contribution in [0.2, 0.25) is 0 Å². The van der Waals surface area contributed by atoms with Crippen molar-refractivity contribution in [1.29, 1.82) is 0 Å². The normalized spacial score (nSPS) is 40.2. The van der Waals surface area contributed by atoms with Crippen molar-refractivity contribution in [2.45, 2.75) is 45.1 Å². The highest BCUT2D eigenvalue weighted by Gasteiger charge is 2.57. The molecule has 0 aromatic heterocycles. The third-order valence-corrected chi connectivity index (χ3v) is 4.83. The predicted molar refractivity (Wildman–Crippen MR) is 63.0 cm³/mol. The van der Waals surface area contributed by atoms with Crippen molar-refractivity contribution in [3.63, 3.8) is 0 Å². The SMILES string of the molecule is CC1CC(NC(=O)C2CC23CCNCC3)C1. The maximum atomic E-state index is 12.1. The molecule has 16 heavy (non-hydrogen) atoms. The molecule has 1 spiro atoms. The molecular formula is C13H22N2O. The van der Waals surface area contributed by atoms with E-state index in [1.54, 1.807) is 0 Å². The van der Waals surface area contributed by atoms with Crippen molar-refractivity contribution in [2.75, 3.05) is 13.1 Å².